The quantitative estimate of drug-likeness (QED) is 0.480. The average Bonchev–Trinajstić information content (AvgIpc) is 2.16. The van der Waals surface area contributed by atoms with Crippen molar-refractivity contribution in [3.05, 3.63) is 12.7 Å². The molecule has 0 aromatic rings. The zero-order valence-electron chi connectivity index (χ0n) is 8.41. The molecule has 5 nitrogen and oxygen atoms in total. The SMILES string of the molecule is C=CC[C@@H](NC(=O)COC)C(=O)OC. The summed E-state index contributed by atoms with van der Waals surface area (Å²) < 4.78 is 9.11. The van der Waals surface area contributed by atoms with Crippen LogP contribution in [0.4, 0.5) is 0 Å². The lowest BCUT2D eigenvalue weighted by atomic mass is 10.2. The number of hydrogen-bond donors (Lipinski definition) is 1. The van der Waals surface area contributed by atoms with Gasteiger partial charge in [-0.3, -0.25) is 4.79 Å². The maximum Gasteiger partial charge on any atom is 0.328 e. The Balaban J connectivity index is 4.14. The standard InChI is InChI=1S/C9H15NO4/c1-4-5-7(9(12)14-3)10-8(11)6-13-2/h4,7H,1,5-6H2,2-3H3,(H,10,11)/t7-/m1/s1. The Labute approximate surface area is 83.1 Å². The highest BCUT2D eigenvalue weighted by Crippen LogP contribution is 1.95. The van der Waals surface area contributed by atoms with Gasteiger partial charge in [0.2, 0.25) is 5.91 Å². The van der Waals surface area contributed by atoms with E-state index in [9.17, 15) is 9.59 Å². The average molecular weight is 201 g/mol. The Kier molecular flexibility index (Phi) is 6.39. The number of rotatable bonds is 6. The smallest absolute Gasteiger partial charge is 0.328 e. The minimum Gasteiger partial charge on any atom is -0.467 e. The highest BCUT2D eigenvalue weighted by atomic mass is 16.5. The maximum atomic E-state index is 11.1. The van der Waals surface area contributed by atoms with E-state index >= 15 is 0 Å². The molecule has 14 heavy (non-hydrogen) atoms. The summed E-state index contributed by atoms with van der Waals surface area (Å²) in [4.78, 5) is 22.2. The lowest BCUT2D eigenvalue weighted by Gasteiger charge is -2.13. The first-order chi connectivity index (χ1) is 6.65. The van der Waals surface area contributed by atoms with Gasteiger partial charge in [0.1, 0.15) is 12.6 Å². The lowest BCUT2D eigenvalue weighted by Crippen LogP contribution is -2.42. The molecular weight excluding hydrogens is 186 g/mol. The molecule has 5 heteroatoms. The number of carbonyl (C=O) groups excluding carboxylic acids is 2. The summed E-state index contributed by atoms with van der Waals surface area (Å²) in [5.41, 5.74) is 0. The summed E-state index contributed by atoms with van der Waals surface area (Å²) >= 11 is 0. The van der Waals surface area contributed by atoms with Crippen molar-refractivity contribution in [2.24, 2.45) is 0 Å². The van der Waals surface area contributed by atoms with Gasteiger partial charge in [0.05, 0.1) is 7.11 Å². The summed E-state index contributed by atoms with van der Waals surface area (Å²) in [7, 11) is 2.67. The summed E-state index contributed by atoms with van der Waals surface area (Å²) in [6.07, 6.45) is 1.87. The topological polar surface area (TPSA) is 64.6 Å². The predicted octanol–water partition coefficient (Wildman–Crippen LogP) is -0.133. The molecule has 0 radical (unpaired) electrons. The normalized spacial score (nSPS) is 11.6. The Morgan fingerprint density at radius 3 is 2.57 bits per heavy atom. The Bertz CT molecular complexity index is 215. The zero-order valence-corrected chi connectivity index (χ0v) is 8.41. The molecule has 0 aromatic carbocycles. The van der Waals surface area contributed by atoms with Crippen molar-refractivity contribution < 1.29 is 19.1 Å². The third-order valence-electron chi connectivity index (χ3n) is 1.50. The van der Waals surface area contributed by atoms with Crippen LogP contribution in [-0.2, 0) is 19.1 Å². The molecule has 0 aliphatic carbocycles. The minimum atomic E-state index is -0.680. The van der Waals surface area contributed by atoms with Crippen LogP contribution >= 0.6 is 0 Å². The van der Waals surface area contributed by atoms with E-state index < -0.39 is 12.0 Å². The van der Waals surface area contributed by atoms with Crippen LogP contribution in [0.25, 0.3) is 0 Å². The molecule has 0 spiro atoms. The fourth-order valence-electron chi connectivity index (χ4n) is 0.890. The van der Waals surface area contributed by atoms with Crippen LogP contribution in [0.2, 0.25) is 0 Å². The van der Waals surface area contributed by atoms with E-state index in [1.54, 1.807) is 0 Å². The molecule has 0 fully saturated rings. The molecule has 0 bridgehead atoms. The Morgan fingerprint density at radius 1 is 1.50 bits per heavy atom. The number of amides is 1. The zero-order chi connectivity index (χ0) is 11.0. The van der Waals surface area contributed by atoms with E-state index in [4.69, 9.17) is 0 Å². The van der Waals surface area contributed by atoms with Gasteiger partial charge >= 0.3 is 5.97 Å². The van der Waals surface area contributed by atoms with Crippen LogP contribution in [0.5, 0.6) is 0 Å². The molecule has 1 amide bonds. The first kappa shape index (κ1) is 12.6. The van der Waals surface area contributed by atoms with Gasteiger partial charge in [0.15, 0.2) is 0 Å². The van der Waals surface area contributed by atoms with Gasteiger partial charge in [0, 0.05) is 7.11 Å². The summed E-state index contributed by atoms with van der Waals surface area (Å²) in [5.74, 6) is -0.848. The third kappa shape index (κ3) is 4.61. The largest absolute Gasteiger partial charge is 0.467 e. The second kappa shape index (κ2) is 7.08. The van der Waals surface area contributed by atoms with Gasteiger partial charge in [-0.1, -0.05) is 6.08 Å². The van der Waals surface area contributed by atoms with E-state index in [2.05, 4.69) is 21.4 Å². The molecule has 0 aliphatic heterocycles. The van der Waals surface area contributed by atoms with Crippen LogP contribution in [0, 0.1) is 0 Å². The van der Waals surface area contributed by atoms with Gasteiger partial charge in [-0.15, -0.1) is 6.58 Å². The number of esters is 1. The molecule has 0 saturated heterocycles. The van der Waals surface area contributed by atoms with Crippen molar-refractivity contribution in [1.29, 1.82) is 0 Å². The molecule has 80 valence electrons. The van der Waals surface area contributed by atoms with E-state index in [0.29, 0.717) is 6.42 Å². The first-order valence-corrected chi connectivity index (χ1v) is 4.12. The van der Waals surface area contributed by atoms with Gasteiger partial charge in [0.25, 0.3) is 0 Å². The van der Waals surface area contributed by atoms with E-state index in [1.165, 1.54) is 20.3 Å². The second-order valence-corrected chi connectivity index (χ2v) is 2.60. The lowest BCUT2D eigenvalue weighted by molar-refractivity contribution is -0.145. The highest BCUT2D eigenvalue weighted by molar-refractivity contribution is 5.85. The first-order valence-electron chi connectivity index (χ1n) is 4.12. The molecular formula is C9H15NO4. The number of ether oxygens (including phenoxy) is 2. The summed E-state index contributed by atoms with van der Waals surface area (Å²) in [6, 6.07) is -0.680. The second-order valence-electron chi connectivity index (χ2n) is 2.60. The molecule has 0 rings (SSSR count). The van der Waals surface area contributed by atoms with Crippen LogP contribution in [0.15, 0.2) is 12.7 Å². The maximum absolute atomic E-state index is 11.1. The van der Waals surface area contributed by atoms with Crippen LogP contribution < -0.4 is 5.32 Å². The van der Waals surface area contributed by atoms with E-state index in [-0.39, 0.29) is 12.5 Å². The molecule has 1 atom stereocenters. The van der Waals surface area contributed by atoms with Crippen LogP contribution in [-0.4, -0.2) is 38.7 Å². The third-order valence-corrected chi connectivity index (χ3v) is 1.50. The van der Waals surface area contributed by atoms with Gasteiger partial charge in [-0.2, -0.15) is 0 Å². The van der Waals surface area contributed by atoms with Gasteiger partial charge < -0.3 is 14.8 Å². The Morgan fingerprint density at radius 2 is 2.14 bits per heavy atom. The number of hydrogen-bond acceptors (Lipinski definition) is 4. The van der Waals surface area contributed by atoms with Crippen molar-refractivity contribution in [3.8, 4) is 0 Å². The summed E-state index contributed by atoms with van der Waals surface area (Å²) in [6.45, 7) is 3.40. The van der Waals surface area contributed by atoms with Crippen LogP contribution in [0.3, 0.4) is 0 Å². The molecule has 1 N–H and O–H groups in total. The fourth-order valence-corrected chi connectivity index (χ4v) is 0.890. The van der Waals surface area contributed by atoms with Gasteiger partial charge in [-0.05, 0) is 6.42 Å². The van der Waals surface area contributed by atoms with Crippen molar-refractivity contribution in [1.82, 2.24) is 5.32 Å². The number of nitrogens with one attached hydrogen (secondary N) is 1. The minimum absolute atomic E-state index is 0.0787. The van der Waals surface area contributed by atoms with Crippen molar-refractivity contribution >= 4 is 11.9 Å². The van der Waals surface area contributed by atoms with Crippen LogP contribution in [0.1, 0.15) is 6.42 Å². The molecule has 0 aromatic heterocycles. The Hall–Kier alpha value is -1.36. The van der Waals surface area contributed by atoms with Gasteiger partial charge in [-0.25, -0.2) is 4.79 Å². The molecule has 0 unspecified atom stereocenters. The molecule has 0 saturated carbocycles. The summed E-state index contributed by atoms with van der Waals surface area (Å²) in [5, 5.41) is 2.46. The molecule has 0 heterocycles. The number of carbonyl (C=O) groups is 2. The molecule has 0 aliphatic rings. The van der Waals surface area contributed by atoms with Crippen molar-refractivity contribution in [2.75, 3.05) is 20.8 Å². The van der Waals surface area contributed by atoms with E-state index in [1.807, 2.05) is 0 Å². The van der Waals surface area contributed by atoms with E-state index in [0.717, 1.165) is 0 Å². The van der Waals surface area contributed by atoms with Crippen molar-refractivity contribution in [2.45, 2.75) is 12.5 Å². The highest BCUT2D eigenvalue weighted by Gasteiger charge is 2.19. The predicted molar refractivity (Wildman–Crippen MR) is 50.6 cm³/mol. The monoisotopic (exact) mass is 201 g/mol. The van der Waals surface area contributed by atoms with Crippen molar-refractivity contribution in [3.63, 3.8) is 0 Å². The fraction of sp³-hybridized carbons (Fsp3) is 0.556. The number of methoxy groups -OCH3 is 2.